The largest absolute Gasteiger partial charge is 0.393 e. The van der Waals surface area contributed by atoms with E-state index in [-0.39, 0.29) is 17.4 Å². The second kappa shape index (κ2) is 5.93. The Morgan fingerprint density at radius 1 is 1.32 bits per heavy atom. The first kappa shape index (κ1) is 15.9. The number of carbonyl (C=O) groups is 1. The van der Waals surface area contributed by atoms with Crippen LogP contribution in [0.3, 0.4) is 0 Å². The van der Waals surface area contributed by atoms with E-state index in [1.54, 1.807) is 0 Å². The summed E-state index contributed by atoms with van der Waals surface area (Å²) >= 11 is 3.55. The molecule has 3 rings (SSSR count). The molecule has 1 aromatic rings. The van der Waals surface area contributed by atoms with Gasteiger partial charge in [-0.2, -0.15) is 0 Å². The Bertz CT molecular complexity index is 622. The minimum absolute atomic E-state index is 0.215. The monoisotopic (exact) mass is 362 g/mol. The minimum atomic E-state index is -0.302. The van der Waals surface area contributed by atoms with Crippen LogP contribution >= 0.6 is 15.9 Å². The molecule has 2 nitrogen and oxygen atoms in total. The highest BCUT2D eigenvalue weighted by Gasteiger charge is 2.51. The van der Waals surface area contributed by atoms with E-state index in [9.17, 15) is 9.90 Å². The van der Waals surface area contributed by atoms with Crippen molar-refractivity contribution in [2.45, 2.75) is 45.6 Å². The van der Waals surface area contributed by atoms with Crippen LogP contribution in [0.1, 0.15) is 45.1 Å². The molecule has 0 spiro atoms. The number of Topliss-reactive ketones (excluding diaryl/α,β-unsaturated/α-hetero) is 1. The number of hydrogen-bond donors (Lipinski definition) is 1. The van der Waals surface area contributed by atoms with E-state index in [2.05, 4.69) is 29.8 Å². The van der Waals surface area contributed by atoms with E-state index in [1.165, 1.54) is 0 Å². The Morgan fingerprint density at radius 2 is 2.05 bits per heavy atom. The molecular formula is C19H23BrO2. The molecule has 0 bridgehead atoms. The van der Waals surface area contributed by atoms with Crippen molar-refractivity contribution < 1.29 is 9.90 Å². The van der Waals surface area contributed by atoms with Crippen LogP contribution in [0.15, 0.2) is 34.3 Å². The zero-order chi connectivity index (χ0) is 15.9. The maximum atomic E-state index is 13.1. The van der Waals surface area contributed by atoms with Crippen molar-refractivity contribution in [1.82, 2.24) is 0 Å². The second-order valence-electron chi connectivity index (χ2n) is 7.05. The van der Waals surface area contributed by atoms with Gasteiger partial charge in [0, 0.05) is 9.89 Å². The Labute approximate surface area is 140 Å². The van der Waals surface area contributed by atoms with E-state index in [1.807, 2.05) is 30.3 Å². The number of rotatable bonds is 1. The average Bonchev–Trinajstić information content (AvgIpc) is 2.50. The first-order valence-electron chi connectivity index (χ1n) is 8.11. The highest BCUT2D eigenvalue weighted by Crippen LogP contribution is 2.52. The Kier molecular flexibility index (Phi) is 4.30. The molecule has 0 saturated heterocycles. The highest BCUT2D eigenvalue weighted by molar-refractivity contribution is 9.10. The number of benzene rings is 1. The van der Waals surface area contributed by atoms with Gasteiger partial charge in [0.2, 0.25) is 0 Å². The summed E-state index contributed by atoms with van der Waals surface area (Å²) in [5, 5.41) is 10.1. The van der Waals surface area contributed by atoms with Crippen molar-refractivity contribution in [3.8, 4) is 0 Å². The van der Waals surface area contributed by atoms with Gasteiger partial charge >= 0.3 is 0 Å². The minimum Gasteiger partial charge on any atom is -0.393 e. The fourth-order valence-electron chi connectivity index (χ4n) is 4.32. The number of hydrogen-bond acceptors (Lipinski definition) is 2. The molecule has 3 heteroatoms. The van der Waals surface area contributed by atoms with Gasteiger partial charge in [-0.1, -0.05) is 48.0 Å². The van der Waals surface area contributed by atoms with Crippen molar-refractivity contribution in [1.29, 1.82) is 0 Å². The molecule has 1 aromatic carbocycles. The summed E-state index contributed by atoms with van der Waals surface area (Å²) in [6, 6.07) is 8.01. The van der Waals surface area contributed by atoms with E-state index in [0.29, 0.717) is 11.7 Å². The van der Waals surface area contributed by atoms with Gasteiger partial charge in [-0.3, -0.25) is 4.79 Å². The molecule has 0 heterocycles. The smallest absolute Gasteiger partial charge is 0.165 e. The van der Waals surface area contributed by atoms with E-state index < -0.39 is 0 Å². The van der Waals surface area contributed by atoms with Gasteiger partial charge in [0.25, 0.3) is 0 Å². The van der Waals surface area contributed by atoms with Crippen LogP contribution in [-0.2, 0) is 4.79 Å². The third kappa shape index (κ3) is 2.59. The number of fused-ring (bicyclic) bond motifs is 1. The predicted octanol–water partition coefficient (Wildman–Crippen LogP) is 4.61. The van der Waals surface area contributed by atoms with Crippen molar-refractivity contribution in [2.75, 3.05) is 0 Å². The number of allylic oxidation sites excluding steroid dienone is 1. The summed E-state index contributed by atoms with van der Waals surface area (Å²) in [7, 11) is 0. The van der Waals surface area contributed by atoms with Crippen LogP contribution in [0, 0.1) is 17.3 Å². The summed E-state index contributed by atoms with van der Waals surface area (Å²) in [5.41, 5.74) is 1.70. The van der Waals surface area contributed by atoms with Crippen LogP contribution in [-0.4, -0.2) is 17.0 Å². The molecule has 22 heavy (non-hydrogen) atoms. The average molecular weight is 363 g/mol. The molecule has 118 valence electrons. The van der Waals surface area contributed by atoms with Gasteiger partial charge in [-0.25, -0.2) is 0 Å². The van der Waals surface area contributed by atoms with Gasteiger partial charge in [-0.05, 0) is 60.8 Å². The van der Waals surface area contributed by atoms with Gasteiger partial charge < -0.3 is 5.11 Å². The van der Waals surface area contributed by atoms with E-state index >= 15 is 0 Å². The van der Waals surface area contributed by atoms with Crippen molar-refractivity contribution >= 4 is 27.8 Å². The molecule has 0 radical (unpaired) electrons. The summed E-state index contributed by atoms with van der Waals surface area (Å²) in [6.45, 7) is 4.21. The maximum Gasteiger partial charge on any atom is 0.165 e. The lowest BCUT2D eigenvalue weighted by atomic mass is 9.55. The molecule has 0 amide bonds. The van der Waals surface area contributed by atoms with Crippen LogP contribution in [0.25, 0.3) is 6.08 Å². The van der Waals surface area contributed by atoms with Crippen LogP contribution in [0.4, 0.5) is 0 Å². The fourth-order valence-corrected chi connectivity index (χ4v) is 4.72. The number of halogens is 1. The molecule has 2 fully saturated rings. The first-order valence-corrected chi connectivity index (χ1v) is 8.91. The van der Waals surface area contributed by atoms with Crippen LogP contribution in [0.2, 0.25) is 0 Å². The highest BCUT2D eigenvalue weighted by atomic mass is 79.9. The van der Waals surface area contributed by atoms with Crippen molar-refractivity contribution in [3.63, 3.8) is 0 Å². The molecular weight excluding hydrogens is 340 g/mol. The predicted molar refractivity (Wildman–Crippen MR) is 92.4 cm³/mol. The summed E-state index contributed by atoms with van der Waals surface area (Å²) in [6.07, 6.45) is 5.15. The summed E-state index contributed by atoms with van der Waals surface area (Å²) in [4.78, 5) is 13.1. The Hall–Kier alpha value is -0.930. The van der Waals surface area contributed by atoms with E-state index in [4.69, 9.17) is 0 Å². The van der Waals surface area contributed by atoms with Gasteiger partial charge in [0.15, 0.2) is 5.78 Å². The second-order valence-corrected chi connectivity index (χ2v) is 7.90. The Balaban J connectivity index is 1.93. The lowest BCUT2D eigenvalue weighted by molar-refractivity contribution is -0.137. The number of aliphatic hydroxyl groups is 1. The normalized spacial score (nSPS) is 37.2. The zero-order valence-corrected chi connectivity index (χ0v) is 14.8. The third-order valence-electron chi connectivity index (χ3n) is 5.79. The van der Waals surface area contributed by atoms with Crippen LogP contribution in [0.5, 0.6) is 0 Å². The van der Waals surface area contributed by atoms with E-state index in [0.717, 1.165) is 41.3 Å². The maximum absolute atomic E-state index is 13.1. The quantitative estimate of drug-likeness (QED) is 0.740. The molecule has 2 aliphatic carbocycles. The number of ketones is 1. The van der Waals surface area contributed by atoms with Crippen molar-refractivity contribution in [2.24, 2.45) is 17.3 Å². The van der Waals surface area contributed by atoms with Gasteiger partial charge in [0.1, 0.15) is 0 Å². The molecule has 2 saturated carbocycles. The first-order chi connectivity index (χ1) is 10.4. The lowest BCUT2D eigenvalue weighted by Crippen LogP contribution is -2.50. The van der Waals surface area contributed by atoms with Gasteiger partial charge in [0.05, 0.1) is 6.10 Å². The molecule has 4 atom stereocenters. The SMILES string of the molecule is C[C@@H]1C(O)CC[C@]2(C)C(=O)/C(=C/c3ccccc3Br)CCC12. The lowest BCUT2D eigenvalue weighted by Gasteiger charge is -2.49. The third-order valence-corrected chi connectivity index (χ3v) is 6.51. The number of carbonyl (C=O) groups excluding carboxylic acids is 1. The molecule has 2 unspecified atom stereocenters. The fraction of sp³-hybridized carbons (Fsp3) is 0.526. The molecule has 0 aliphatic heterocycles. The molecule has 0 aromatic heterocycles. The molecule has 1 N–H and O–H groups in total. The Morgan fingerprint density at radius 3 is 2.77 bits per heavy atom. The van der Waals surface area contributed by atoms with Crippen molar-refractivity contribution in [3.05, 3.63) is 39.9 Å². The zero-order valence-electron chi connectivity index (χ0n) is 13.2. The molecule has 2 aliphatic rings. The number of aliphatic hydroxyl groups excluding tert-OH is 1. The van der Waals surface area contributed by atoms with Gasteiger partial charge in [-0.15, -0.1) is 0 Å². The topological polar surface area (TPSA) is 37.3 Å². The summed E-state index contributed by atoms with van der Waals surface area (Å²) < 4.78 is 1.02. The van der Waals surface area contributed by atoms with Crippen LogP contribution < -0.4 is 0 Å². The standard InChI is InChI=1S/C19H23BrO2/c1-12-15-8-7-14(11-13-5-3-4-6-16(13)20)18(22)19(15,2)10-9-17(12)21/h3-6,11-12,15,17,21H,7-10H2,1-2H3/b14-11+/t12-,15?,17?,19-/m0/s1. The summed E-state index contributed by atoms with van der Waals surface area (Å²) in [5.74, 6) is 0.811.